The van der Waals surface area contributed by atoms with E-state index in [9.17, 15) is 14.4 Å². The highest BCUT2D eigenvalue weighted by atomic mass is 35.5. The molecule has 1 heterocycles. The Morgan fingerprint density at radius 1 is 1.04 bits per heavy atom. The first kappa shape index (κ1) is 16.2. The van der Waals surface area contributed by atoms with Gasteiger partial charge in [0, 0.05) is 0 Å². The van der Waals surface area contributed by atoms with E-state index in [4.69, 9.17) is 16.3 Å². The normalized spacial score (nSPS) is 13.4. The van der Waals surface area contributed by atoms with Crippen molar-refractivity contribution < 1.29 is 19.1 Å². The van der Waals surface area contributed by atoms with Gasteiger partial charge < -0.3 is 4.74 Å². The average Bonchev–Trinajstić information content (AvgIpc) is 2.79. The SMILES string of the molecule is CC(C)OC(=O)c1ccc(Cl)c(N2C(=O)c3ccccc3C2=O)c1. The molecule has 2 amide bonds. The number of rotatable bonds is 3. The number of carbonyl (C=O) groups excluding carboxylic acids is 3. The molecule has 0 N–H and O–H groups in total. The van der Waals surface area contributed by atoms with Gasteiger partial charge in [-0.05, 0) is 44.2 Å². The van der Waals surface area contributed by atoms with Crippen LogP contribution in [0.4, 0.5) is 5.69 Å². The highest BCUT2D eigenvalue weighted by Crippen LogP contribution is 2.34. The molecular weight excluding hydrogens is 330 g/mol. The van der Waals surface area contributed by atoms with Gasteiger partial charge in [-0.25, -0.2) is 9.69 Å². The predicted octanol–water partition coefficient (Wildman–Crippen LogP) is 3.71. The summed E-state index contributed by atoms with van der Waals surface area (Å²) in [5, 5.41) is 0.200. The van der Waals surface area contributed by atoms with E-state index in [1.807, 2.05) is 0 Å². The van der Waals surface area contributed by atoms with Crippen LogP contribution in [0.15, 0.2) is 42.5 Å². The van der Waals surface area contributed by atoms with Crippen LogP contribution in [-0.2, 0) is 4.74 Å². The molecule has 0 aromatic heterocycles. The summed E-state index contributed by atoms with van der Waals surface area (Å²) in [6.07, 6.45) is -0.282. The molecule has 122 valence electrons. The van der Waals surface area contributed by atoms with Gasteiger partial charge >= 0.3 is 5.97 Å². The number of nitrogens with zero attached hydrogens (tertiary/aromatic N) is 1. The Hall–Kier alpha value is -2.66. The Balaban J connectivity index is 2.03. The fourth-order valence-corrected chi connectivity index (χ4v) is 2.70. The number of imide groups is 1. The fraction of sp³-hybridized carbons (Fsp3) is 0.167. The van der Waals surface area contributed by atoms with Gasteiger partial charge in [0.1, 0.15) is 0 Å². The lowest BCUT2D eigenvalue weighted by molar-refractivity contribution is 0.0377. The van der Waals surface area contributed by atoms with Crippen molar-refractivity contribution >= 4 is 35.1 Å². The highest BCUT2D eigenvalue weighted by Gasteiger charge is 2.37. The molecule has 24 heavy (non-hydrogen) atoms. The largest absolute Gasteiger partial charge is 0.459 e. The molecule has 0 saturated heterocycles. The summed E-state index contributed by atoms with van der Waals surface area (Å²) in [5.41, 5.74) is 1.02. The lowest BCUT2D eigenvalue weighted by Gasteiger charge is -2.17. The molecule has 0 radical (unpaired) electrons. The highest BCUT2D eigenvalue weighted by molar-refractivity contribution is 6.40. The number of amides is 2. The summed E-state index contributed by atoms with van der Waals surface area (Å²) < 4.78 is 5.14. The molecule has 1 aliphatic rings. The molecule has 2 aromatic rings. The molecule has 0 unspecified atom stereocenters. The third-order valence-electron chi connectivity index (χ3n) is 3.56. The number of fused-ring (bicyclic) bond motifs is 1. The van der Waals surface area contributed by atoms with Crippen LogP contribution in [0.1, 0.15) is 44.9 Å². The monoisotopic (exact) mass is 343 g/mol. The number of ether oxygens (including phenoxy) is 1. The van der Waals surface area contributed by atoms with Crippen LogP contribution >= 0.6 is 11.6 Å². The van der Waals surface area contributed by atoms with Crippen molar-refractivity contribution in [3.63, 3.8) is 0 Å². The average molecular weight is 344 g/mol. The maximum absolute atomic E-state index is 12.5. The minimum absolute atomic E-state index is 0.168. The van der Waals surface area contributed by atoms with Crippen LogP contribution < -0.4 is 4.90 Å². The van der Waals surface area contributed by atoms with Crippen LogP contribution in [0.25, 0.3) is 0 Å². The van der Waals surface area contributed by atoms with E-state index in [2.05, 4.69) is 0 Å². The molecule has 6 heteroatoms. The summed E-state index contributed by atoms with van der Waals surface area (Å²) in [7, 11) is 0. The van der Waals surface area contributed by atoms with Gasteiger partial charge in [0.15, 0.2) is 0 Å². The van der Waals surface area contributed by atoms with Gasteiger partial charge in [-0.3, -0.25) is 9.59 Å². The van der Waals surface area contributed by atoms with Crippen LogP contribution in [0.5, 0.6) is 0 Å². The Bertz CT molecular complexity index is 825. The molecular formula is C18H14ClNO4. The second-order valence-corrected chi connectivity index (χ2v) is 6.02. The van der Waals surface area contributed by atoms with E-state index in [1.54, 1.807) is 38.1 Å². The standard InChI is InChI=1S/C18H14ClNO4/c1-10(2)24-18(23)11-7-8-14(19)15(9-11)20-16(21)12-5-3-4-6-13(12)17(20)22/h3-10H,1-2H3. The number of halogens is 1. The van der Waals surface area contributed by atoms with Gasteiger partial charge in [0.25, 0.3) is 11.8 Å². The van der Waals surface area contributed by atoms with E-state index in [-0.39, 0.29) is 22.4 Å². The van der Waals surface area contributed by atoms with Crippen LogP contribution in [0.2, 0.25) is 5.02 Å². The molecule has 0 atom stereocenters. The zero-order valence-electron chi connectivity index (χ0n) is 13.1. The van der Waals surface area contributed by atoms with Gasteiger partial charge in [0.05, 0.1) is 33.5 Å². The van der Waals surface area contributed by atoms with Crippen molar-refractivity contribution in [1.82, 2.24) is 0 Å². The number of anilines is 1. The Labute approximate surface area is 143 Å². The summed E-state index contributed by atoms with van der Waals surface area (Å²) in [4.78, 5) is 38.1. The summed E-state index contributed by atoms with van der Waals surface area (Å²) in [6, 6.07) is 10.9. The lowest BCUT2D eigenvalue weighted by Crippen LogP contribution is -2.30. The van der Waals surface area contributed by atoms with Gasteiger partial charge in [-0.15, -0.1) is 0 Å². The van der Waals surface area contributed by atoms with Crippen LogP contribution in [0.3, 0.4) is 0 Å². The molecule has 0 spiro atoms. The fourth-order valence-electron chi connectivity index (χ4n) is 2.50. The summed E-state index contributed by atoms with van der Waals surface area (Å²) >= 11 is 6.16. The number of esters is 1. The second kappa shape index (κ2) is 6.09. The Morgan fingerprint density at radius 2 is 1.62 bits per heavy atom. The Morgan fingerprint density at radius 3 is 2.17 bits per heavy atom. The van der Waals surface area contributed by atoms with E-state index < -0.39 is 17.8 Å². The quantitative estimate of drug-likeness (QED) is 0.629. The number of benzene rings is 2. The van der Waals surface area contributed by atoms with E-state index in [1.165, 1.54) is 18.2 Å². The first-order valence-corrected chi connectivity index (χ1v) is 7.76. The maximum Gasteiger partial charge on any atom is 0.338 e. The van der Waals surface area contributed by atoms with Crippen molar-refractivity contribution in [3.05, 3.63) is 64.2 Å². The molecule has 0 saturated carbocycles. The molecule has 5 nitrogen and oxygen atoms in total. The summed E-state index contributed by atoms with van der Waals surface area (Å²) in [6.45, 7) is 3.47. The van der Waals surface area contributed by atoms with E-state index in [0.29, 0.717) is 11.1 Å². The van der Waals surface area contributed by atoms with Crippen molar-refractivity contribution in [2.24, 2.45) is 0 Å². The molecule has 0 bridgehead atoms. The van der Waals surface area contributed by atoms with Gasteiger partial charge in [0.2, 0.25) is 0 Å². The number of carbonyl (C=O) groups is 3. The van der Waals surface area contributed by atoms with Crippen molar-refractivity contribution in [1.29, 1.82) is 0 Å². The van der Waals surface area contributed by atoms with E-state index >= 15 is 0 Å². The first-order valence-electron chi connectivity index (χ1n) is 7.38. The zero-order chi connectivity index (χ0) is 17.4. The topological polar surface area (TPSA) is 63.7 Å². The minimum atomic E-state index is -0.542. The summed E-state index contributed by atoms with van der Waals surface area (Å²) in [5.74, 6) is -1.47. The van der Waals surface area contributed by atoms with Crippen LogP contribution in [-0.4, -0.2) is 23.9 Å². The van der Waals surface area contributed by atoms with Crippen molar-refractivity contribution in [2.75, 3.05) is 4.90 Å². The molecule has 3 rings (SSSR count). The minimum Gasteiger partial charge on any atom is -0.459 e. The second-order valence-electron chi connectivity index (χ2n) is 5.61. The number of hydrogen-bond donors (Lipinski definition) is 0. The number of hydrogen-bond acceptors (Lipinski definition) is 4. The predicted molar refractivity (Wildman–Crippen MR) is 89.6 cm³/mol. The zero-order valence-corrected chi connectivity index (χ0v) is 13.8. The lowest BCUT2D eigenvalue weighted by atomic mass is 10.1. The molecule has 0 aliphatic carbocycles. The van der Waals surface area contributed by atoms with E-state index in [0.717, 1.165) is 4.90 Å². The smallest absolute Gasteiger partial charge is 0.338 e. The van der Waals surface area contributed by atoms with Gasteiger partial charge in [-0.2, -0.15) is 0 Å². The van der Waals surface area contributed by atoms with Gasteiger partial charge in [-0.1, -0.05) is 23.7 Å². The van der Waals surface area contributed by atoms with Crippen LogP contribution in [0, 0.1) is 0 Å². The molecule has 1 aliphatic heterocycles. The molecule has 2 aromatic carbocycles. The maximum atomic E-state index is 12.5. The first-order chi connectivity index (χ1) is 11.4. The Kier molecular flexibility index (Phi) is 4.11. The third-order valence-corrected chi connectivity index (χ3v) is 3.88. The van der Waals surface area contributed by atoms with Crippen molar-refractivity contribution in [2.45, 2.75) is 20.0 Å². The third kappa shape index (κ3) is 2.67. The molecule has 0 fully saturated rings. The van der Waals surface area contributed by atoms with Crippen molar-refractivity contribution in [3.8, 4) is 0 Å².